The molecule has 2 aromatic carbocycles. The Bertz CT molecular complexity index is 671. The van der Waals surface area contributed by atoms with E-state index in [0.29, 0.717) is 5.92 Å². The number of hydrogen-bond acceptors (Lipinski definition) is 3. The molecule has 3 rings (SSSR count). The molecule has 1 unspecified atom stereocenters. The van der Waals surface area contributed by atoms with E-state index in [4.69, 9.17) is 0 Å². The number of benzene rings is 2. The minimum absolute atomic E-state index is 0.463. The molecule has 1 heterocycles. The van der Waals surface area contributed by atoms with Crippen molar-refractivity contribution in [1.82, 2.24) is 10.3 Å². The highest BCUT2D eigenvalue weighted by molar-refractivity contribution is 7.09. The SMILES string of the molecule is CC(CNCc1cccc2ccccc12)c1nccs1. The van der Waals surface area contributed by atoms with Crippen LogP contribution < -0.4 is 5.32 Å². The molecule has 3 aromatic rings. The molecule has 0 radical (unpaired) electrons. The first-order valence-electron chi connectivity index (χ1n) is 6.91. The maximum absolute atomic E-state index is 4.37. The van der Waals surface area contributed by atoms with E-state index in [2.05, 4.69) is 59.7 Å². The van der Waals surface area contributed by atoms with Gasteiger partial charge in [0.05, 0.1) is 5.01 Å². The zero-order chi connectivity index (χ0) is 13.8. The first kappa shape index (κ1) is 13.3. The van der Waals surface area contributed by atoms with Crippen molar-refractivity contribution in [3.63, 3.8) is 0 Å². The summed E-state index contributed by atoms with van der Waals surface area (Å²) in [7, 11) is 0. The molecule has 3 heteroatoms. The quantitative estimate of drug-likeness (QED) is 0.759. The number of fused-ring (bicyclic) bond motifs is 1. The van der Waals surface area contributed by atoms with Crippen LogP contribution in [0.3, 0.4) is 0 Å². The molecule has 0 aliphatic heterocycles. The lowest BCUT2D eigenvalue weighted by atomic mass is 10.0. The molecule has 0 bridgehead atoms. The van der Waals surface area contributed by atoms with E-state index in [1.807, 2.05) is 11.6 Å². The first-order valence-corrected chi connectivity index (χ1v) is 7.79. The zero-order valence-electron chi connectivity index (χ0n) is 11.5. The smallest absolute Gasteiger partial charge is 0.0965 e. The van der Waals surface area contributed by atoms with Crippen LogP contribution in [0.25, 0.3) is 10.8 Å². The number of thiazole rings is 1. The zero-order valence-corrected chi connectivity index (χ0v) is 12.4. The van der Waals surface area contributed by atoms with Gasteiger partial charge in [-0.15, -0.1) is 11.3 Å². The van der Waals surface area contributed by atoms with E-state index in [1.54, 1.807) is 11.3 Å². The summed E-state index contributed by atoms with van der Waals surface area (Å²) in [5, 5.41) is 9.43. The highest BCUT2D eigenvalue weighted by atomic mass is 32.1. The van der Waals surface area contributed by atoms with Gasteiger partial charge in [-0.05, 0) is 16.3 Å². The van der Waals surface area contributed by atoms with Gasteiger partial charge in [-0.2, -0.15) is 0 Å². The second-order valence-electron chi connectivity index (χ2n) is 5.04. The van der Waals surface area contributed by atoms with E-state index >= 15 is 0 Å². The summed E-state index contributed by atoms with van der Waals surface area (Å²) < 4.78 is 0. The van der Waals surface area contributed by atoms with Crippen LogP contribution in [0.15, 0.2) is 54.0 Å². The van der Waals surface area contributed by atoms with Crippen molar-refractivity contribution in [3.05, 3.63) is 64.6 Å². The minimum atomic E-state index is 0.463. The van der Waals surface area contributed by atoms with Crippen LogP contribution in [0.1, 0.15) is 23.4 Å². The Morgan fingerprint density at radius 3 is 2.85 bits per heavy atom. The number of rotatable bonds is 5. The Balaban J connectivity index is 1.66. The van der Waals surface area contributed by atoms with Gasteiger partial charge in [-0.3, -0.25) is 0 Å². The lowest BCUT2D eigenvalue weighted by Gasteiger charge is -2.11. The van der Waals surface area contributed by atoms with Gasteiger partial charge in [-0.1, -0.05) is 49.4 Å². The van der Waals surface area contributed by atoms with Crippen molar-refractivity contribution in [2.24, 2.45) is 0 Å². The number of hydrogen-bond donors (Lipinski definition) is 1. The average molecular weight is 282 g/mol. The molecule has 0 saturated carbocycles. The molecule has 1 aromatic heterocycles. The van der Waals surface area contributed by atoms with Gasteiger partial charge >= 0.3 is 0 Å². The number of nitrogens with zero attached hydrogens (tertiary/aromatic N) is 1. The number of aromatic nitrogens is 1. The monoisotopic (exact) mass is 282 g/mol. The van der Waals surface area contributed by atoms with Gasteiger partial charge in [0.15, 0.2) is 0 Å². The summed E-state index contributed by atoms with van der Waals surface area (Å²) in [6, 6.07) is 15.0. The van der Waals surface area contributed by atoms with Gasteiger partial charge in [-0.25, -0.2) is 4.98 Å². The predicted octanol–water partition coefficient (Wildman–Crippen LogP) is 4.19. The predicted molar refractivity (Wildman–Crippen MR) is 86.2 cm³/mol. The average Bonchev–Trinajstić information content (AvgIpc) is 3.02. The van der Waals surface area contributed by atoms with Gasteiger partial charge in [0.25, 0.3) is 0 Å². The molecule has 0 spiro atoms. The fraction of sp³-hybridized carbons (Fsp3) is 0.235. The Morgan fingerprint density at radius 2 is 2.00 bits per heavy atom. The highest BCUT2D eigenvalue weighted by Gasteiger charge is 2.07. The van der Waals surface area contributed by atoms with Crippen LogP contribution in [-0.2, 0) is 6.54 Å². The van der Waals surface area contributed by atoms with Crippen LogP contribution in [0.2, 0.25) is 0 Å². The molecular formula is C17H18N2S. The van der Waals surface area contributed by atoms with Crippen LogP contribution in [0.5, 0.6) is 0 Å². The lowest BCUT2D eigenvalue weighted by molar-refractivity contribution is 0.614. The molecular weight excluding hydrogens is 264 g/mol. The third-order valence-electron chi connectivity index (χ3n) is 3.52. The van der Waals surface area contributed by atoms with E-state index in [0.717, 1.165) is 13.1 Å². The van der Waals surface area contributed by atoms with E-state index < -0.39 is 0 Å². The van der Waals surface area contributed by atoms with E-state index in [-0.39, 0.29) is 0 Å². The minimum Gasteiger partial charge on any atom is -0.312 e. The van der Waals surface area contributed by atoms with Crippen molar-refractivity contribution < 1.29 is 0 Å². The highest BCUT2D eigenvalue weighted by Crippen LogP contribution is 2.19. The molecule has 102 valence electrons. The topological polar surface area (TPSA) is 24.9 Å². The van der Waals surface area contributed by atoms with Crippen LogP contribution in [0, 0.1) is 0 Å². The molecule has 0 fully saturated rings. The van der Waals surface area contributed by atoms with Crippen molar-refractivity contribution in [2.75, 3.05) is 6.54 Å². The summed E-state index contributed by atoms with van der Waals surface area (Å²) in [6.07, 6.45) is 1.88. The Labute approximate surface area is 123 Å². The van der Waals surface area contributed by atoms with Crippen molar-refractivity contribution in [2.45, 2.75) is 19.4 Å². The molecule has 1 N–H and O–H groups in total. The largest absolute Gasteiger partial charge is 0.312 e. The third kappa shape index (κ3) is 2.89. The van der Waals surface area contributed by atoms with E-state index in [1.165, 1.54) is 21.3 Å². The van der Waals surface area contributed by atoms with Crippen LogP contribution >= 0.6 is 11.3 Å². The maximum Gasteiger partial charge on any atom is 0.0965 e. The Morgan fingerprint density at radius 1 is 1.15 bits per heavy atom. The summed E-state index contributed by atoms with van der Waals surface area (Å²) in [6.45, 7) is 4.07. The molecule has 2 nitrogen and oxygen atoms in total. The Kier molecular flexibility index (Phi) is 4.09. The molecule has 0 amide bonds. The van der Waals surface area contributed by atoms with Gasteiger partial charge in [0.1, 0.15) is 0 Å². The maximum atomic E-state index is 4.37. The molecule has 0 aliphatic rings. The van der Waals surface area contributed by atoms with Gasteiger partial charge in [0, 0.05) is 30.6 Å². The molecule has 0 aliphatic carbocycles. The normalized spacial score (nSPS) is 12.7. The van der Waals surface area contributed by atoms with Crippen molar-refractivity contribution in [1.29, 1.82) is 0 Å². The van der Waals surface area contributed by atoms with Crippen molar-refractivity contribution in [3.8, 4) is 0 Å². The van der Waals surface area contributed by atoms with Crippen LogP contribution in [-0.4, -0.2) is 11.5 Å². The molecule has 20 heavy (non-hydrogen) atoms. The second-order valence-corrected chi connectivity index (χ2v) is 5.97. The first-order chi connectivity index (χ1) is 9.84. The summed E-state index contributed by atoms with van der Waals surface area (Å²) in [5.74, 6) is 0.463. The fourth-order valence-electron chi connectivity index (χ4n) is 2.44. The van der Waals surface area contributed by atoms with Gasteiger partial charge < -0.3 is 5.32 Å². The second kappa shape index (κ2) is 6.16. The summed E-state index contributed by atoms with van der Waals surface area (Å²) >= 11 is 1.73. The van der Waals surface area contributed by atoms with Crippen molar-refractivity contribution >= 4 is 22.1 Å². The van der Waals surface area contributed by atoms with Crippen LogP contribution in [0.4, 0.5) is 0 Å². The number of nitrogens with one attached hydrogen (secondary N) is 1. The van der Waals surface area contributed by atoms with E-state index in [9.17, 15) is 0 Å². The molecule has 1 atom stereocenters. The Hall–Kier alpha value is -1.71. The summed E-state index contributed by atoms with van der Waals surface area (Å²) in [5.41, 5.74) is 1.36. The third-order valence-corrected chi connectivity index (χ3v) is 4.53. The standard InChI is InChI=1S/C17H18N2S/c1-13(17-19-9-10-20-17)11-18-12-15-7-4-6-14-5-2-3-8-16(14)15/h2-10,13,18H,11-12H2,1H3. The summed E-state index contributed by atoms with van der Waals surface area (Å²) in [4.78, 5) is 4.37. The lowest BCUT2D eigenvalue weighted by Crippen LogP contribution is -2.19. The molecule has 0 saturated heterocycles. The fourth-order valence-corrected chi connectivity index (χ4v) is 3.13. The van der Waals surface area contributed by atoms with Gasteiger partial charge in [0.2, 0.25) is 0 Å².